The van der Waals surface area contributed by atoms with Gasteiger partial charge in [0.1, 0.15) is 16.7 Å². The lowest BCUT2D eigenvalue weighted by atomic mass is 9.95. The molecule has 2 aromatic rings. The molecule has 2 aromatic carbocycles. The van der Waals surface area contributed by atoms with Crippen molar-refractivity contribution in [2.45, 2.75) is 10.4 Å². The Morgan fingerprint density at radius 2 is 1.70 bits per heavy atom. The molecule has 0 amide bonds. The SMILES string of the molecule is O=C[C@@]1(Br)CON(c2ccccc2)[C@@H]1c1ccccc1. The first kappa shape index (κ1) is 13.3. The number of benzene rings is 2. The van der Waals surface area contributed by atoms with E-state index in [1.807, 2.05) is 60.7 Å². The third-order valence-electron chi connectivity index (χ3n) is 3.44. The first-order valence-electron chi connectivity index (χ1n) is 6.42. The molecule has 3 nitrogen and oxygen atoms in total. The highest BCUT2D eigenvalue weighted by atomic mass is 79.9. The van der Waals surface area contributed by atoms with Crippen LogP contribution in [0.2, 0.25) is 0 Å². The summed E-state index contributed by atoms with van der Waals surface area (Å²) in [6.45, 7) is 0.310. The highest BCUT2D eigenvalue weighted by Crippen LogP contribution is 2.45. The number of para-hydroxylation sites is 1. The zero-order valence-corrected chi connectivity index (χ0v) is 12.4. The summed E-state index contributed by atoms with van der Waals surface area (Å²) in [6, 6.07) is 19.5. The fourth-order valence-electron chi connectivity index (χ4n) is 2.46. The highest BCUT2D eigenvalue weighted by molar-refractivity contribution is 9.10. The summed E-state index contributed by atoms with van der Waals surface area (Å²) in [5.41, 5.74) is 1.97. The first-order valence-corrected chi connectivity index (χ1v) is 7.21. The van der Waals surface area contributed by atoms with Crippen molar-refractivity contribution in [1.82, 2.24) is 0 Å². The highest BCUT2D eigenvalue weighted by Gasteiger charge is 2.48. The van der Waals surface area contributed by atoms with Crippen molar-refractivity contribution in [2.24, 2.45) is 0 Å². The van der Waals surface area contributed by atoms with Gasteiger partial charge in [-0.25, -0.2) is 5.06 Å². The Morgan fingerprint density at radius 3 is 2.30 bits per heavy atom. The lowest BCUT2D eigenvalue weighted by molar-refractivity contribution is -0.109. The molecule has 1 saturated heterocycles. The molecule has 0 saturated carbocycles. The second-order valence-electron chi connectivity index (χ2n) is 4.79. The van der Waals surface area contributed by atoms with Crippen LogP contribution in [0.3, 0.4) is 0 Å². The van der Waals surface area contributed by atoms with E-state index in [0.29, 0.717) is 6.61 Å². The van der Waals surface area contributed by atoms with Crippen LogP contribution in [0.5, 0.6) is 0 Å². The van der Waals surface area contributed by atoms with Crippen LogP contribution in [0.25, 0.3) is 0 Å². The summed E-state index contributed by atoms with van der Waals surface area (Å²) in [5, 5.41) is 1.80. The van der Waals surface area contributed by atoms with Crippen molar-refractivity contribution in [3.05, 3.63) is 66.2 Å². The molecule has 1 heterocycles. The molecule has 20 heavy (non-hydrogen) atoms. The minimum absolute atomic E-state index is 0.191. The van der Waals surface area contributed by atoms with Gasteiger partial charge in [0, 0.05) is 0 Å². The van der Waals surface area contributed by atoms with E-state index < -0.39 is 4.32 Å². The van der Waals surface area contributed by atoms with Crippen LogP contribution in [0.15, 0.2) is 60.7 Å². The molecule has 102 valence electrons. The van der Waals surface area contributed by atoms with E-state index in [0.717, 1.165) is 17.5 Å². The Kier molecular flexibility index (Phi) is 3.59. The Bertz CT molecular complexity index is 590. The van der Waals surface area contributed by atoms with Gasteiger partial charge in [-0.1, -0.05) is 64.5 Å². The molecule has 2 atom stereocenters. The minimum atomic E-state index is -0.732. The fourth-order valence-corrected chi connectivity index (χ4v) is 3.01. The molecular weight excluding hydrogens is 318 g/mol. The molecule has 1 fully saturated rings. The van der Waals surface area contributed by atoms with E-state index in [1.54, 1.807) is 5.06 Å². The number of hydrogen-bond donors (Lipinski definition) is 0. The number of nitrogens with zero attached hydrogens (tertiary/aromatic N) is 1. The van der Waals surface area contributed by atoms with Crippen LogP contribution in [-0.4, -0.2) is 17.2 Å². The van der Waals surface area contributed by atoms with Gasteiger partial charge in [0.25, 0.3) is 0 Å². The van der Waals surface area contributed by atoms with E-state index in [2.05, 4.69) is 15.9 Å². The maximum absolute atomic E-state index is 11.5. The average Bonchev–Trinajstić information content (AvgIpc) is 2.87. The predicted molar refractivity (Wildman–Crippen MR) is 81.8 cm³/mol. The molecule has 0 spiro atoms. The van der Waals surface area contributed by atoms with Crippen LogP contribution >= 0.6 is 15.9 Å². The number of alkyl halides is 1. The van der Waals surface area contributed by atoms with Crippen molar-refractivity contribution in [3.63, 3.8) is 0 Å². The quantitative estimate of drug-likeness (QED) is 0.636. The van der Waals surface area contributed by atoms with Gasteiger partial charge in [0.05, 0.1) is 12.3 Å². The maximum atomic E-state index is 11.5. The summed E-state index contributed by atoms with van der Waals surface area (Å²) >= 11 is 3.55. The number of aldehydes is 1. The monoisotopic (exact) mass is 331 g/mol. The topological polar surface area (TPSA) is 29.5 Å². The third kappa shape index (κ3) is 2.25. The van der Waals surface area contributed by atoms with Gasteiger partial charge in [0.2, 0.25) is 0 Å². The summed E-state index contributed by atoms with van der Waals surface area (Å²) in [4.78, 5) is 17.3. The van der Waals surface area contributed by atoms with Crippen molar-refractivity contribution in [3.8, 4) is 0 Å². The molecule has 1 aliphatic rings. The summed E-state index contributed by atoms with van der Waals surface area (Å²) < 4.78 is -0.732. The number of carbonyl (C=O) groups excluding carboxylic acids is 1. The second kappa shape index (κ2) is 5.38. The van der Waals surface area contributed by atoms with Gasteiger partial charge in [-0.15, -0.1) is 0 Å². The van der Waals surface area contributed by atoms with Crippen molar-refractivity contribution >= 4 is 27.9 Å². The summed E-state index contributed by atoms with van der Waals surface area (Å²) in [5.74, 6) is 0. The van der Waals surface area contributed by atoms with Crippen LogP contribution in [0, 0.1) is 0 Å². The minimum Gasteiger partial charge on any atom is -0.302 e. The average molecular weight is 332 g/mol. The van der Waals surface area contributed by atoms with E-state index in [-0.39, 0.29) is 6.04 Å². The third-order valence-corrected chi connectivity index (χ3v) is 4.29. The van der Waals surface area contributed by atoms with Crippen LogP contribution < -0.4 is 5.06 Å². The molecular formula is C16H14BrNO2. The predicted octanol–water partition coefficient (Wildman–Crippen LogP) is 3.51. The Morgan fingerprint density at radius 1 is 1.10 bits per heavy atom. The molecule has 0 aromatic heterocycles. The normalized spacial score (nSPS) is 25.6. The van der Waals surface area contributed by atoms with Gasteiger partial charge < -0.3 is 4.79 Å². The van der Waals surface area contributed by atoms with Crippen molar-refractivity contribution in [2.75, 3.05) is 11.7 Å². The lowest BCUT2D eigenvalue weighted by Gasteiger charge is -2.29. The van der Waals surface area contributed by atoms with Crippen LogP contribution in [0.1, 0.15) is 11.6 Å². The first-order chi connectivity index (χ1) is 9.74. The van der Waals surface area contributed by atoms with Gasteiger partial charge in [-0.05, 0) is 17.7 Å². The van der Waals surface area contributed by atoms with Gasteiger partial charge in [-0.2, -0.15) is 0 Å². The van der Waals surface area contributed by atoms with E-state index >= 15 is 0 Å². The number of halogens is 1. The standard InChI is InChI=1S/C16H14BrNO2/c17-16(11-19)12-20-18(14-9-5-2-6-10-14)15(16)13-7-3-1-4-8-13/h1-11,15H,12H2/t15-,16-/m1/s1. The molecule has 0 unspecified atom stereocenters. The molecule has 0 N–H and O–H groups in total. The number of rotatable bonds is 3. The number of anilines is 1. The van der Waals surface area contributed by atoms with Crippen molar-refractivity contribution < 1.29 is 9.63 Å². The molecule has 4 heteroatoms. The zero-order valence-electron chi connectivity index (χ0n) is 10.8. The number of carbonyl (C=O) groups is 1. The Balaban J connectivity index is 2.05. The maximum Gasteiger partial charge on any atom is 0.141 e. The van der Waals surface area contributed by atoms with E-state index in [4.69, 9.17) is 4.84 Å². The smallest absolute Gasteiger partial charge is 0.141 e. The van der Waals surface area contributed by atoms with E-state index in [1.165, 1.54) is 0 Å². The van der Waals surface area contributed by atoms with E-state index in [9.17, 15) is 4.79 Å². The van der Waals surface area contributed by atoms with Gasteiger partial charge in [0.15, 0.2) is 0 Å². The second-order valence-corrected chi connectivity index (χ2v) is 6.27. The van der Waals surface area contributed by atoms with Gasteiger partial charge in [-0.3, -0.25) is 4.84 Å². The van der Waals surface area contributed by atoms with Crippen LogP contribution in [0.4, 0.5) is 5.69 Å². The van der Waals surface area contributed by atoms with Crippen molar-refractivity contribution in [1.29, 1.82) is 0 Å². The number of hydroxylamine groups is 1. The summed E-state index contributed by atoms with van der Waals surface area (Å²) in [7, 11) is 0. The lowest BCUT2D eigenvalue weighted by Crippen LogP contribution is -2.35. The molecule has 0 bridgehead atoms. The van der Waals surface area contributed by atoms with Gasteiger partial charge >= 0.3 is 0 Å². The largest absolute Gasteiger partial charge is 0.302 e. The number of hydrogen-bond acceptors (Lipinski definition) is 3. The molecule has 3 rings (SSSR count). The molecule has 1 aliphatic heterocycles. The Hall–Kier alpha value is -1.65. The fraction of sp³-hybridized carbons (Fsp3) is 0.188. The zero-order chi connectivity index (χ0) is 14.0. The molecule has 0 radical (unpaired) electrons. The Labute approximate surface area is 126 Å². The summed E-state index contributed by atoms with van der Waals surface area (Å²) in [6.07, 6.45) is 0.924. The molecule has 0 aliphatic carbocycles. The van der Waals surface area contributed by atoms with Crippen LogP contribution in [-0.2, 0) is 9.63 Å².